The van der Waals surface area contributed by atoms with Gasteiger partial charge in [-0.25, -0.2) is 4.98 Å². The summed E-state index contributed by atoms with van der Waals surface area (Å²) in [6.45, 7) is 6.32. The summed E-state index contributed by atoms with van der Waals surface area (Å²) in [5, 5.41) is 0. The lowest BCUT2D eigenvalue weighted by Gasteiger charge is -2.07. The number of rotatable bonds is 1. The van der Waals surface area contributed by atoms with Crippen LogP contribution in [0.25, 0.3) is 16.6 Å². The van der Waals surface area contributed by atoms with Crippen LogP contribution in [0.1, 0.15) is 17.0 Å². The van der Waals surface area contributed by atoms with Gasteiger partial charge in [-0.2, -0.15) is 0 Å². The Morgan fingerprint density at radius 1 is 0.889 bits per heavy atom. The highest BCUT2D eigenvalue weighted by molar-refractivity contribution is 5.66. The molecule has 0 spiro atoms. The molecule has 2 heteroatoms. The molecule has 0 aliphatic carbocycles. The van der Waals surface area contributed by atoms with Crippen LogP contribution in [0.5, 0.6) is 0 Å². The van der Waals surface area contributed by atoms with Crippen LogP contribution in [0.4, 0.5) is 0 Å². The molecule has 0 saturated carbocycles. The molecule has 0 atom stereocenters. The molecule has 0 N–H and O–H groups in total. The lowest BCUT2D eigenvalue weighted by atomic mass is 10.0. The quantitative estimate of drug-likeness (QED) is 0.626. The van der Waals surface area contributed by atoms with E-state index < -0.39 is 0 Å². The summed E-state index contributed by atoms with van der Waals surface area (Å²) >= 11 is 0. The molecule has 2 aromatic heterocycles. The first-order valence-electron chi connectivity index (χ1n) is 6.16. The summed E-state index contributed by atoms with van der Waals surface area (Å²) in [7, 11) is 0. The molecule has 3 rings (SSSR count). The van der Waals surface area contributed by atoms with E-state index in [0.29, 0.717) is 0 Å². The number of fused-ring (bicyclic) bond motifs is 1. The SMILES string of the molecule is Cc1ccc(-c2ccc3cnc(C)n3c2)cc1C. The average Bonchev–Trinajstić information content (AvgIpc) is 2.74. The van der Waals surface area contributed by atoms with E-state index in [1.54, 1.807) is 0 Å². The first-order valence-corrected chi connectivity index (χ1v) is 6.16. The maximum Gasteiger partial charge on any atom is 0.110 e. The molecular formula is C16H16N2. The van der Waals surface area contributed by atoms with E-state index in [-0.39, 0.29) is 0 Å². The van der Waals surface area contributed by atoms with Gasteiger partial charge in [-0.05, 0) is 49.1 Å². The van der Waals surface area contributed by atoms with Crippen molar-refractivity contribution < 1.29 is 0 Å². The number of aromatic nitrogens is 2. The Morgan fingerprint density at radius 2 is 1.67 bits per heavy atom. The highest BCUT2D eigenvalue weighted by Crippen LogP contribution is 2.23. The maximum absolute atomic E-state index is 4.33. The first kappa shape index (κ1) is 11.0. The highest BCUT2D eigenvalue weighted by atomic mass is 15.0. The van der Waals surface area contributed by atoms with E-state index in [1.807, 2.05) is 13.1 Å². The summed E-state index contributed by atoms with van der Waals surface area (Å²) in [4.78, 5) is 4.33. The fraction of sp³-hybridized carbons (Fsp3) is 0.188. The Kier molecular flexibility index (Phi) is 2.44. The molecule has 0 fully saturated rings. The van der Waals surface area contributed by atoms with Crippen molar-refractivity contribution in [3.8, 4) is 11.1 Å². The van der Waals surface area contributed by atoms with Crippen LogP contribution < -0.4 is 0 Å². The smallest absolute Gasteiger partial charge is 0.110 e. The fourth-order valence-electron chi connectivity index (χ4n) is 2.21. The van der Waals surface area contributed by atoms with Gasteiger partial charge < -0.3 is 4.40 Å². The molecular weight excluding hydrogens is 220 g/mol. The average molecular weight is 236 g/mol. The van der Waals surface area contributed by atoms with Crippen molar-refractivity contribution in [1.82, 2.24) is 9.38 Å². The van der Waals surface area contributed by atoms with Crippen molar-refractivity contribution in [3.05, 3.63) is 59.7 Å². The van der Waals surface area contributed by atoms with Gasteiger partial charge in [0.05, 0.1) is 11.7 Å². The largest absolute Gasteiger partial charge is 0.303 e. The second-order valence-corrected chi connectivity index (χ2v) is 4.82. The van der Waals surface area contributed by atoms with Gasteiger partial charge in [-0.1, -0.05) is 24.3 Å². The molecule has 0 radical (unpaired) electrons. The molecule has 0 saturated heterocycles. The Morgan fingerprint density at radius 3 is 2.44 bits per heavy atom. The third-order valence-corrected chi connectivity index (χ3v) is 3.55. The van der Waals surface area contributed by atoms with Gasteiger partial charge in [0.2, 0.25) is 0 Å². The maximum atomic E-state index is 4.33. The summed E-state index contributed by atoms with van der Waals surface area (Å²) in [6.07, 6.45) is 4.06. The van der Waals surface area contributed by atoms with Crippen LogP contribution in [0.15, 0.2) is 42.7 Å². The number of aryl methyl sites for hydroxylation is 3. The van der Waals surface area contributed by atoms with E-state index in [0.717, 1.165) is 11.3 Å². The number of hydrogen-bond donors (Lipinski definition) is 0. The van der Waals surface area contributed by atoms with Crippen LogP contribution in [0.2, 0.25) is 0 Å². The lowest BCUT2D eigenvalue weighted by Crippen LogP contribution is -1.90. The van der Waals surface area contributed by atoms with Crippen molar-refractivity contribution in [1.29, 1.82) is 0 Å². The highest BCUT2D eigenvalue weighted by Gasteiger charge is 2.03. The van der Waals surface area contributed by atoms with Gasteiger partial charge in [0.25, 0.3) is 0 Å². The van der Waals surface area contributed by atoms with E-state index >= 15 is 0 Å². The van der Waals surface area contributed by atoms with Crippen LogP contribution >= 0.6 is 0 Å². The van der Waals surface area contributed by atoms with Crippen molar-refractivity contribution in [2.24, 2.45) is 0 Å². The first-order chi connectivity index (χ1) is 8.65. The third kappa shape index (κ3) is 1.70. The van der Waals surface area contributed by atoms with Crippen LogP contribution in [-0.2, 0) is 0 Å². The summed E-state index contributed by atoms with van der Waals surface area (Å²) < 4.78 is 2.13. The predicted molar refractivity (Wildman–Crippen MR) is 74.8 cm³/mol. The van der Waals surface area contributed by atoms with Crippen molar-refractivity contribution in [2.45, 2.75) is 20.8 Å². The third-order valence-electron chi connectivity index (χ3n) is 3.55. The molecule has 0 amide bonds. The minimum atomic E-state index is 1.02. The molecule has 0 unspecified atom stereocenters. The molecule has 90 valence electrons. The number of nitrogens with zero attached hydrogens (tertiary/aromatic N) is 2. The molecule has 0 aliphatic heterocycles. The Balaban J connectivity index is 2.18. The zero-order valence-electron chi connectivity index (χ0n) is 10.9. The Labute approximate surface area is 107 Å². The second kappa shape index (κ2) is 3.98. The van der Waals surface area contributed by atoms with Crippen molar-refractivity contribution in [3.63, 3.8) is 0 Å². The van der Waals surface area contributed by atoms with Gasteiger partial charge >= 0.3 is 0 Å². The minimum Gasteiger partial charge on any atom is -0.303 e. The second-order valence-electron chi connectivity index (χ2n) is 4.82. The fourth-order valence-corrected chi connectivity index (χ4v) is 2.21. The summed E-state index contributed by atoms with van der Waals surface area (Å²) in [5.74, 6) is 1.02. The van der Waals surface area contributed by atoms with Gasteiger partial charge in [0.1, 0.15) is 5.82 Å². The lowest BCUT2D eigenvalue weighted by molar-refractivity contribution is 1.05. The molecule has 3 aromatic rings. The predicted octanol–water partition coefficient (Wildman–Crippen LogP) is 3.93. The van der Waals surface area contributed by atoms with E-state index in [2.05, 4.69) is 59.8 Å². The number of benzene rings is 1. The van der Waals surface area contributed by atoms with Crippen LogP contribution in [0, 0.1) is 20.8 Å². The van der Waals surface area contributed by atoms with Gasteiger partial charge in [0, 0.05) is 6.20 Å². The standard InChI is InChI=1S/C16H16N2/c1-11-4-5-14(8-12(11)2)15-6-7-16-9-17-13(3)18(16)10-15/h4-10H,1-3H3. The summed E-state index contributed by atoms with van der Waals surface area (Å²) in [6, 6.07) is 10.9. The number of imidazole rings is 1. The minimum absolute atomic E-state index is 1.02. The van der Waals surface area contributed by atoms with Gasteiger partial charge in [-0.3, -0.25) is 0 Å². The Bertz CT molecular complexity index is 723. The topological polar surface area (TPSA) is 17.3 Å². The van der Waals surface area contributed by atoms with Crippen molar-refractivity contribution in [2.75, 3.05) is 0 Å². The number of hydrogen-bond acceptors (Lipinski definition) is 1. The van der Waals surface area contributed by atoms with Crippen LogP contribution in [0.3, 0.4) is 0 Å². The van der Waals surface area contributed by atoms with E-state index in [4.69, 9.17) is 0 Å². The van der Waals surface area contributed by atoms with Gasteiger partial charge in [0.15, 0.2) is 0 Å². The molecule has 2 nitrogen and oxygen atoms in total. The molecule has 0 aliphatic rings. The van der Waals surface area contributed by atoms with Crippen molar-refractivity contribution >= 4 is 5.52 Å². The monoisotopic (exact) mass is 236 g/mol. The van der Waals surface area contributed by atoms with Crippen LogP contribution in [-0.4, -0.2) is 9.38 Å². The molecule has 1 aromatic carbocycles. The molecule has 0 bridgehead atoms. The van der Waals surface area contributed by atoms with Gasteiger partial charge in [-0.15, -0.1) is 0 Å². The Hall–Kier alpha value is -2.09. The summed E-state index contributed by atoms with van der Waals surface area (Å²) in [5.41, 5.74) is 6.29. The van der Waals surface area contributed by atoms with E-state index in [1.165, 1.54) is 22.3 Å². The zero-order chi connectivity index (χ0) is 12.7. The molecule has 18 heavy (non-hydrogen) atoms. The molecule has 2 heterocycles. The number of pyridine rings is 1. The van der Waals surface area contributed by atoms with E-state index in [9.17, 15) is 0 Å². The zero-order valence-corrected chi connectivity index (χ0v) is 10.9. The normalized spacial score (nSPS) is 11.1.